The topological polar surface area (TPSA) is 70.2 Å². The molecule has 0 spiro atoms. The lowest BCUT2D eigenvalue weighted by Gasteiger charge is -2.08. The van der Waals surface area contributed by atoms with E-state index < -0.39 is 0 Å². The normalized spacial score (nSPS) is 10.1. The van der Waals surface area contributed by atoms with Crippen molar-refractivity contribution in [1.82, 2.24) is 16.0 Å². The molecule has 1 heterocycles. The number of rotatable bonds is 7. The van der Waals surface area contributed by atoms with Gasteiger partial charge in [-0.2, -0.15) is 0 Å². The fourth-order valence-corrected chi connectivity index (χ4v) is 2.58. The highest BCUT2D eigenvalue weighted by Gasteiger charge is 2.05. The van der Waals surface area contributed by atoms with Gasteiger partial charge in [-0.1, -0.05) is 6.07 Å². The van der Waals surface area contributed by atoms with Crippen molar-refractivity contribution in [3.8, 4) is 0 Å². The molecule has 0 unspecified atom stereocenters. The molecule has 3 amide bonds. The molecule has 0 fully saturated rings. The van der Waals surface area contributed by atoms with Gasteiger partial charge in [0, 0.05) is 30.1 Å². The van der Waals surface area contributed by atoms with Crippen molar-refractivity contribution in [1.29, 1.82) is 0 Å². The second-order valence-corrected chi connectivity index (χ2v) is 5.81. The van der Waals surface area contributed by atoms with E-state index in [0.29, 0.717) is 25.2 Å². The van der Waals surface area contributed by atoms with E-state index >= 15 is 0 Å². The van der Waals surface area contributed by atoms with Crippen LogP contribution < -0.4 is 16.0 Å². The van der Waals surface area contributed by atoms with Crippen LogP contribution >= 0.6 is 11.3 Å². The summed E-state index contributed by atoms with van der Waals surface area (Å²) in [5, 5.41) is 10.1. The molecule has 0 bridgehead atoms. The third-order valence-corrected chi connectivity index (χ3v) is 3.98. The lowest BCUT2D eigenvalue weighted by Crippen LogP contribution is -2.40. The van der Waals surface area contributed by atoms with Crippen molar-refractivity contribution in [3.63, 3.8) is 0 Å². The van der Waals surface area contributed by atoms with Crippen LogP contribution in [0.5, 0.6) is 0 Å². The molecule has 0 saturated carbocycles. The first-order valence-corrected chi connectivity index (χ1v) is 8.11. The van der Waals surface area contributed by atoms with E-state index in [0.717, 1.165) is 6.42 Å². The van der Waals surface area contributed by atoms with Gasteiger partial charge in [0.2, 0.25) is 0 Å². The highest BCUT2D eigenvalue weighted by atomic mass is 32.1. The van der Waals surface area contributed by atoms with Crippen LogP contribution in [0, 0.1) is 5.82 Å². The third kappa shape index (κ3) is 6.07. The van der Waals surface area contributed by atoms with Crippen molar-refractivity contribution in [2.45, 2.75) is 6.42 Å². The van der Waals surface area contributed by atoms with Gasteiger partial charge in [-0.25, -0.2) is 9.18 Å². The van der Waals surface area contributed by atoms with Crippen LogP contribution in [-0.2, 0) is 6.42 Å². The number of amides is 3. The van der Waals surface area contributed by atoms with Gasteiger partial charge in [0.05, 0.1) is 0 Å². The predicted octanol–water partition coefficient (Wildman–Crippen LogP) is 2.16. The first-order valence-electron chi connectivity index (χ1n) is 7.23. The molecule has 0 radical (unpaired) electrons. The van der Waals surface area contributed by atoms with Gasteiger partial charge in [0.15, 0.2) is 0 Å². The summed E-state index contributed by atoms with van der Waals surface area (Å²) in [5.74, 6) is -0.688. The van der Waals surface area contributed by atoms with E-state index in [2.05, 4.69) is 16.0 Å². The molecule has 2 aromatic rings. The summed E-state index contributed by atoms with van der Waals surface area (Å²) < 4.78 is 12.8. The van der Waals surface area contributed by atoms with Crippen LogP contribution in [0.1, 0.15) is 15.2 Å². The highest BCUT2D eigenvalue weighted by Crippen LogP contribution is 2.07. The fraction of sp³-hybridized carbons (Fsp3) is 0.250. The summed E-state index contributed by atoms with van der Waals surface area (Å²) >= 11 is 1.66. The van der Waals surface area contributed by atoms with Crippen LogP contribution in [0.4, 0.5) is 9.18 Å². The molecular weight excluding hydrogens is 317 g/mol. The van der Waals surface area contributed by atoms with Gasteiger partial charge in [0.25, 0.3) is 5.91 Å². The SMILES string of the molecule is O=C(NCCNC(=O)c1ccc(F)cc1)NCCc1cccs1. The molecule has 0 aliphatic carbocycles. The Kier molecular flexibility index (Phi) is 6.56. The Morgan fingerprint density at radius 2 is 1.65 bits per heavy atom. The summed E-state index contributed by atoms with van der Waals surface area (Å²) in [5.41, 5.74) is 0.381. The van der Waals surface area contributed by atoms with E-state index in [1.165, 1.54) is 29.1 Å². The molecule has 5 nitrogen and oxygen atoms in total. The summed E-state index contributed by atoms with van der Waals surface area (Å²) in [4.78, 5) is 24.5. The molecule has 3 N–H and O–H groups in total. The maximum absolute atomic E-state index is 12.8. The average molecular weight is 335 g/mol. The van der Waals surface area contributed by atoms with Crippen molar-refractivity contribution in [2.75, 3.05) is 19.6 Å². The number of carbonyl (C=O) groups is 2. The molecule has 0 aliphatic heterocycles. The van der Waals surface area contributed by atoms with Crippen LogP contribution in [0.15, 0.2) is 41.8 Å². The molecule has 2 rings (SSSR count). The summed E-state index contributed by atoms with van der Waals surface area (Å²) in [6, 6.07) is 9.02. The first kappa shape index (κ1) is 17.0. The largest absolute Gasteiger partial charge is 0.350 e. The zero-order chi connectivity index (χ0) is 16.5. The first-order chi connectivity index (χ1) is 11.1. The average Bonchev–Trinajstić information content (AvgIpc) is 3.05. The summed E-state index contributed by atoms with van der Waals surface area (Å²) in [7, 11) is 0. The van der Waals surface area contributed by atoms with Crippen LogP contribution in [0.25, 0.3) is 0 Å². The maximum Gasteiger partial charge on any atom is 0.314 e. The molecule has 7 heteroatoms. The Morgan fingerprint density at radius 3 is 2.35 bits per heavy atom. The number of nitrogens with one attached hydrogen (secondary N) is 3. The molecule has 1 aromatic heterocycles. The Bertz CT molecular complexity index is 629. The van der Waals surface area contributed by atoms with Gasteiger partial charge in [-0.15, -0.1) is 11.3 Å². The van der Waals surface area contributed by atoms with Crippen molar-refractivity contribution < 1.29 is 14.0 Å². The van der Waals surface area contributed by atoms with Gasteiger partial charge >= 0.3 is 6.03 Å². The van der Waals surface area contributed by atoms with Crippen LogP contribution in [0.2, 0.25) is 0 Å². The third-order valence-electron chi connectivity index (χ3n) is 3.04. The molecule has 1 aromatic carbocycles. The number of hydrogen-bond donors (Lipinski definition) is 3. The molecule has 0 saturated heterocycles. The van der Waals surface area contributed by atoms with E-state index in [1.54, 1.807) is 11.3 Å². The maximum atomic E-state index is 12.8. The van der Waals surface area contributed by atoms with E-state index in [9.17, 15) is 14.0 Å². The second kappa shape index (κ2) is 8.89. The number of carbonyl (C=O) groups excluding carboxylic acids is 2. The highest BCUT2D eigenvalue weighted by molar-refractivity contribution is 7.09. The zero-order valence-electron chi connectivity index (χ0n) is 12.5. The number of hydrogen-bond acceptors (Lipinski definition) is 3. The Balaban J connectivity index is 1.56. The van der Waals surface area contributed by atoms with E-state index in [4.69, 9.17) is 0 Å². The lowest BCUT2D eigenvalue weighted by molar-refractivity contribution is 0.0954. The summed E-state index contributed by atoms with van der Waals surface area (Å²) in [6.07, 6.45) is 0.798. The van der Waals surface area contributed by atoms with Crippen molar-refractivity contribution in [3.05, 3.63) is 58.0 Å². The van der Waals surface area contributed by atoms with Gasteiger partial charge in [-0.05, 0) is 42.1 Å². The van der Waals surface area contributed by atoms with Crippen molar-refractivity contribution >= 4 is 23.3 Å². The monoisotopic (exact) mass is 335 g/mol. The smallest absolute Gasteiger partial charge is 0.314 e. The number of benzene rings is 1. The number of urea groups is 1. The minimum absolute atomic E-state index is 0.266. The van der Waals surface area contributed by atoms with Gasteiger partial charge < -0.3 is 16.0 Å². The van der Waals surface area contributed by atoms with Crippen LogP contribution in [-0.4, -0.2) is 31.6 Å². The second-order valence-electron chi connectivity index (χ2n) is 4.77. The van der Waals surface area contributed by atoms with E-state index in [1.807, 2.05) is 17.5 Å². The summed E-state index contributed by atoms with van der Waals surface area (Å²) in [6.45, 7) is 1.18. The number of thiophene rings is 1. The molecule has 23 heavy (non-hydrogen) atoms. The Morgan fingerprint density at radius 1 is 0.957 bits per heavy atom. The minimum atomic E-state index is -0.387. The zero-order valence-corrected chi connectivity index (χ0v) is 13.3. The Labute approximate surface area is 137 Å². The molecule has 0 atom stereocenters. The minimum Gasteiger partial charge on any atom is -0.350 e. The molecular formula is C16H18FN3O2S. The van der Waals surface area contributed by atoms with Gasteiger partial charge in [0.1, 0.15) is 5.82 Å². The van der Waals surface area contributed by atoms with Crippen LogP contribution in [0.3, 0.4) is 0 Å². The number of halogens is 1. The predicted molar refractivity (Wildman–Crippen MR) is 88.2 cm³/mol. The molecule has 0 aliphatic rings. The van der Waals surface area contributed by atoms with Gasteiger partial charge in [-0.3, -0.25) is 4.79 Å². The van der Waals surface area contributed by atoms with Crippen molar-refractivity contribution in [2.24, 2.45) is 0 Å². The Hall–Kier alpha value is -2.41. The lowest BCUT2D eigenvalue weighted by atomic mass is 10.2. The standard InChI is InChI=1S/C16H18FN3O2S/c17-13-5-3-12(4-6-13)15(21)18-9-10-20-16(22)19-8-7-14-2-1-11-23-14/h1-6,11H,7-10H2,(H,18,21)(H2,19,20,22). The fourth-order valence-electron chi connectivity index (χ4n) is 1.87. The van der Waals surface area contributed by atoms with E-state index in [-0.39, 0.29) is 17.8 Å². The molecule has 122 valence electrons. The quantitative estimate of drug-likeness (QED) is 0.679.